The topological polar surface area (TPSA) is 66.8 Å². The van der Waals surface area contributed by atoms with E-state index in [-0.39, 0.29) is 17.1 Å². The van der Waals surface area contributed by atoms with Crippen molar-refractivity contribution in [1.29, 1.82) is 0 Å². The van der Waals surface area contributed by atoms with Crippen LogP contribution in [0.5, 0.6) is 11.5 Å². The molecule has 110 valence electrons. The van der Waals surface area contributed by atoms with Gasteiger partial charge in [0.1, 0.15) is 11.5 Å². The Morgan fingerprint density at radius 3 is 2.29 bits per heavy atom. The van der Waals surface area contributed by atoms with Gasteiger partial charge in [-0.05, 0) is 29.8 Å². The predicted molar refractivity (Wildman–Crippen MR) is 79.6 cm³/mol. The van der Waals surface area contributed by atoms with Crippen LogP contribution in [0.3, 0.4) is 0 Å². The Morgan fingerprint density at radius 1 is 1.10 bits per heavy atom. The summed E-state index contributed by atoms with van der Waals surface area (Å²) >= 11 is 0. The van der Waals surface area contributed by atoms with E-state index < -0.39 is 12.0 Å². The fourth-order valence-electron chi connectivity index (χ4n) is 2.16. The zero-order chi connectivity index (χ0) is 15.4. The summed E-state index contributed by atoms with van der Waals surface area (Å²) in [6.45, 7) is 1.64. The van der Waals surface area contributed by atoms with Crippen molar-refractivity contribution in [2.45, 2.75) is 13.0 Å². The average molecular weight is 286 g/mol. The second-order valence-corrected chi connectivity index (χ2v) is 4.89. The summed E-state index contributed by atoms with van der Waals surface area (Å²) in [6.07, 6.45) is -0.942. The zero-order valence-corrected chi connectivity index (χ0v) is 12.0. The van der Waals surface area contributed by atoms with E-state index in [2.05, 4.69) is 0 Å². The Morgan fingerprint density at radius 2 is 1.71 bits per heavy atom. The molecule has 0 saturated heterocycles. The summed E-state index contributed by atoms with van der Waals surface area (Å²) in [4.78, 5) is 12.4. The van der Waals surface area contributed by atoms with Gasteiger partial charge in [0, 0.05) is 5.92 Å². The smallest absolute Gasteiger partial charge is 0.172 e. The molecule has 2 aromatic carbocycles. The number of ketones is 1. The molecule has 21 heavy (non-hydrogen) atoms. The third kappa shape index (κ3) is 3.23. The van der Waals surface area contributed by atoms with E-state index in [4.69, 9.17) is 4.74 Å². The number of phenolic OH excluding ortho intramolecular Hbond substituents is 1. The number of para-hydroxylation sites is 1. The number of aromatic hydroxyl groups is 1. The van der Waals surface area contributed by atoms with Gasteiger partial charge in [-0.3, -0.25) is 4.79 Å². The first-order valence-electron chi connectivity index (χ1n) is 6.69. The quantitative estimate of drug-likeness (QED) is 0.829. The van der Waals surface area contributed by atoms with Crippen molar-refractivity contribution in [3.63, 3.8) is 0 Å². The van der Waals surface area contributed by atoms with E-state index in [9.17, 15) is 15.0 Å². The highest BCUT2D eigenvalue weighted by Gasteiger charge is 2.26. The lowest BCUT2D eigenvalue weighted by molar-refractivity contribution is 0.0711. The van der Waals surface area contributed by atoms with Crippen LogP contribution in [0.2, 0.25) is 0 Å². The van der Waals surface area contributed by atoms with Gasteiger partial charge in [-0.2, -0.15) is 0 Å². The maximum absolute atomic E-state index is 12.4. The van der Waals surface area contributed by atoms with Crippen LogP contribution in [-0.2, 0) is 0 Å². The highest BCUT2D eigenvalue weighted by atomic mass is 16.5. The number of methoxy groups -OCH3 is 1. The van der Waals surface area contributed by atoms with Crippen molar-refractivity contribution in [1.82, 2.24) is 0 Å². The fraction of sp³-hybridized carbons (Fsp3) is 0.235. The fourth-order valence-corrected chi connectivity index (χ4v) is 2.16. The lowest BCUT2D eigenvalue weighted by atomic mass is 9.90. The van der Waals surface area contributed by atoms with Gasteiger partial charge in [-0.15, -0.1) is 0 Å². The van der Waals surface area contributed by atoms with Gasteiger partial charge in [0.2, 0.25) is 0 Å². The number of carbonyl (C=O) groups is 1. The lowest BCUT2D eigenvalue weighted by Crippen LogP contribution is -2.19. The van der Waals surface area contributed by atoms with Crippen LogP contribution in [0.1, 0.15) is 28.9 Å². The van der Waals surface area contributed by atoms with E-state index in [0.29, 0.717) is 11.3 Å². The molecule has 2 rings (SSSR count). The SMILES string of the molecule is COc1ccc([C@@H](O)[C@@H](C)C(=O)c2ccccc2O)cc1. The molecular formula is C17H18O4. The number of aliphatic hydroxyl groups excluding tert-OH is 1. The van der Waals surface area contributed by atoms with E-state index >= 15 is 0 Å². The lowest BCUT2D eigenvalue weighted by Gasteiger charge is -2.19. The second-order valence-electron chi connectivity index (χ2n) is 4.89. The number of Topliss-reactive ketones (excluding diaryl/α,β-unsaturated/α-hetero) is 1. The van der Waals surface area contributed by atoms with Crippen molar-refractivity contribution < 1.29 is 19.7 Å². The first kappa shape index (κ1) is 15.1. The highest BCUT2D eigenvalue weighted by Crippen LogP contribution is 2.28. The molecule has 0 radical (unpaired) electrons. The minimum Gasteiger partial charge on any atom is -0.507 e. The molecule has 0 aliphatic rings. The summed E-state index contributed by atoms with van der Waals surface area (Å²) < 4.78 is 5.06. The van der Waals surface area contributed by atoms with Crippen molar-refractivity contribution in [2.75, 3.05) is 7.11 Å². The first-order valence-corrected chi connectivity index (χ1v) is 6.69. The largest absolute Gasteiger partial charge is 0.507 e. The van der Waals surface area contributed by atoms with Gasteiger partial charge in [0.25, 0.3) is 0 Å². The minimum absolute atomic E-state index is 0.0729. The van der Waals surface area contributed by atoms with Gasteiger partial charge in [0.15, 0.2) is 5.78 Å². The van der Waals surface area contributed by atoms with Crippen molar-refractivity contribution >= 4 is 5.78 Å². The Hall–Kier alpha value is -2.33. The van der Waals surface area contributed by atoms with Crippen LogP contribution >= 0.6 is 0 Å². The predicted octanol–water partition coefficient (Wildman–Crippen LogP) is 2.95. The molecule has 0 bridgehead atoms. The molecule has 0 heterocycles. The Labute approximate surface area is 123 Å². The van der Waals surface area contributed by atoms with Crippen molar-refractivity contribution in [2.24, 2.45) is 5.92 Å². The molecule has 0 aliphatic carbocycles. The molecule has 0 saturated carbocycles. The van der Waals surface area contributed by atoms with Gasteiger partial charge < -0.3 is 14.9 Å². The number of carbonyl (C=O) groups excluding carboxylic acids is 1. The van der Waals surface area contributed by atoms with E-state index in [1.807, 2.05) is 0 Å². The summed E-state index contributed by atoms with van der Waals surface area (Å²) in [6, 6.07) is 13.2. The second kappa shape index (κ2) is 6.41. The average Bonchev–Trinajstić information content (AvgIpc) is 2.53. The summed E-state index contributed by atoms with van der Waals surface area (Å²) in [5, 5.41) is 20.1. The summed E-state index contributed by atoms with van der Waals surface area (Å²) in [5.74, 6) is -0.343. The number of ether oxygens (including phenoxy) is 1. The van der Waals surface area contributed by atoms with Gasteiger partial charge in [-0.25, -0.2) is 0 Å². The van der Waals surface area contributed by atoms with Crippen molar-refractivity contribution in [3.8, 4) is 11.5 Å². The number of hydrogen-bond acceptors (Lipinski definition) is 4. The molecule has 0 aromatic heterocycles. The number of aliphatic hydroxyl groups is 1. The van der Waals surface area contributed by atoms with Crippen LogP contribution in [0.15, 0.2) is 48.5 Å². The van der Waals surface area contributed by atoms with Gasteiger partial charge in [0.05, 0.1) is 18.8 Å². The number of phenols is 1. The third-order valence-corrected chi connectivity index (χ3v) is 3.51. The molecule has 0 amide bonds. The van der Waals surface area contributed by atoms with Crippen LogP contribution in [0.25, 0.3) is 0 Å². The Bertz CT molecular complexity index is 619. The number of hydrogen-bond donors (Lipinski definition) is 2. The molecule has 4 heteroatoms. The molecule has 0 aliphatic heterocycles. The molecule has 0 unspecified atom stereocenters. The molecule has 2 aromatic rings. The van der Waals surface area contributed by atoms with Crippen LogP contribution in [0, 0.1) is 5.92 Å². The number of rotatable bonds is 5. The molecule has 4 nitrogen and oxygen atoms in total. The normalized spacial score (nSPS) is 13.5. The van der Waals surface area contributed by atoms with E-state index in [1.165, 1.54) is 6.07 Å². The molecule has 2 N–H and O–H groups in total. The monoisotopic (exact) mass is 286 g/mol. The molecule has 0 spiro atoms. The van der Waals surface area contributed by atoms with Crippen LogP contribution in [-0.4, -0.2) is 23.1 Å². The maximum Gasteiger partial charge on any atom is 0.172 e. The van der Waals surface area contributed by atoms with Gasteiger partial charge >= 0.3 is 0 Å². The Kier molecular flexibility index (Phi) is 4.60. The Balaban J connectivity index is 2.20. The molecule has 2 atom stereocenters. The van der Waals surface area contributed by atoms with E-state index in [1.54, 1.807) is 56.5 Å². The van der Waals surface area contributed by atoms with Gasteiger partial charge in [-0.1, -0.05) is 31.2 Å². The third-order valence-electron chi connectivity index (χ3n) is 3.51. The molecule has 0 fully saturated rings. The molecular weight excluding hydrogens is 268 g/mol. The highest BCUT2D eigenvalue weighted by molar-refractivity contribution is 6.00. The standard InChI is InChI=1S/C17H18O4/c1-11(17(20)14-5-3-4-6-15(14)18)16(19)12-7-9-13(21-2)10-8-12/h3-11,16,18-19H,1-2H3/t11-,16+/m1/s1. The summed E-state index contributed by atoms with van der Waals surface area (Å²) in [5.41, 5.74) is 0.852. The van der Waals surface area contributed by atoms with Crippen LogP contribution in [0.4, 0.5) is 0 Å². The summed E-state index contributed by atoms with van der Waals surface area (Å²) in [7, 11) is 1.57. The van der Waals surface area contributed by atoms with E-state index in [0.717, 1.165) is 0 Å². The van der Waals surface area contributed by atoms with Crippen LogP contribution < -0.4 is 4.74 Å². The van der Waals surface area contributed by atoms with Crippen molar-refractivity contribution in [3.05, 3.63) is 59.7 Å². The number of benzene rings is 2. The minimum atomic E-state index is -0.942. The maximum atomic E-state index is 12.4. The first-order chi connectivity index (χ1) is 10.0. The zero-order valence-electron chi connectivity index (χ0n) is 12.0.